The first-order chi connectivity index (χ1) is 9.63. The lowest BCUT2D eigenvalue weighted by Crippen LogP contribution is -2.20. The number of sulfonamides is 1. The third kappa shape index (κ3) is 7.00. The smallest absolute Gasteiger partial charge is 0.405 e. The van der Waals surface area contributed by atoms with Gasteiger partial charge in [0.15, 0.2) is 0 Å². The lowest BCUT2D eigenvalue weighted by atomic mass is 10.3. The minimum absolute atomic E-state index is 0.00440. The Morgan fingerprint density at radius 2 is 2.00 bits per heavy atom. The summed E-state index contributed by atoms with van der Waals surface area (Å²) in [5.74, 6) is -0.535. The zero-order valence-corrected chi connectivity index (χ0v) is 13.4. The number of anilines is 1. The third-order valence-corrected chi connectivity index (χ3v) is 4.26. The highest BCUT2D eigenvalue weighted by molar-refractivity contribution is 9.10. The van der Waals surface area contributed by atoms with Gasteiger partial charge in [-0.05, 0) is 54.1 Å². The van der Waals surface area contributed by atoms with Gasteiger partial charge >= 0.3 is 6.36 Å². The number of nitrogens with one attached hydrogen (secondary N) is 2. The molecule has 0 heterocycles. The highest BCUT2D eigenvalue weighted by Crippen LogP contribution is 2.32. The number of rotatable bonds is 7. The highest BCUT2D eigenvalue weighted by Gasteiger charge is 2.32. The molecule has 0 aliphatic rings. The molecule has 0 saturated heterocycles. The van der Waals surface area contributed by atoms with Crippen LogP contribution in [0.25, 0.3) is 0 Å². The van der Waals surface area contributed by atoms with Crippen LogP contribution in [-0.4, -0.2) is 34.1 Å². The topological polar surface area (TPSA) is 67.4 Å². The molecule has 0 amide bonds. The second-order valence-electron chi connectivity index (χ2n) is 4.07. The van der Waals surface area contributed by atoms with E-state index >= 15 is 0 Å². The molecule has 0 aliphatic carbocycles. The van der Waals surface area contributed by atoms with Crippen molar-refractivity contribution in [3.63, 3.8) is 0 Å². The molecule has 0 unspecified atom stereocenters. The van der Waals surface area contributed by atoms with Crippen molar-refractivity contribution in [3.05, 3.63) is 22.7 Å². The van der Waals surface area contributed by atoms with Crippen molar-refractivity contribution in [3.8, 4) is 5.75 Å². The van der Waals surface area contributed by atoms with Crippen LogP contribution in [0.5, 0.6) is 5.75 Å². The van der Waals surface area contributed by atoms with E-state index in [1.807, 2.05) is 0 Å². The summed E-state index contributed by atoms with van der Waals surface area (Å²) >= 11 is 2.90. The molecule has 1 aromatic rings. The normalized spacial score (nSPS) is 12.2. The Labute approximate surface area is 129 Å². The summed E-state index contributed by atoms with van der Waals surface area (Å²) in [7, 11) is -1.84. The second-order valence-corrected chi connectivity index (χ2v) is 6.77. The number of hydrogen-bond acceptors (Lipinski definition) is 4. The predicted octanol–water partition coefficient (Wildman–Crippen LogP) is 2.70. The van der Waals surface area contributed by atoms with Crippen LogP contribution in [0.2, 0.25) is 0 Å². The van der Waals surface area contributed by atoms with E-state index in [-0.39, 0.29) is 15.9 Å². The number of alkyl halides is 3. The number of halogens is 4. The van der Waals surface area contributed by atoms with E-state index in [0.717, 1.165) is 6.07 Å². The molecule has 5 nitrogen and oxygen atoms in total. The molecule has 0 saturated carbocycles. The first-order valence-electron chi connectivity index (χ1n) is 5.83. The summed E-state index contributed by atoms with van der Waals surface area (Å²) in [6.07, 6.45) is -4.39. The molecule has 21 heavy (non-hydrogen) atoms. The van der Waals surface area contributed by atoms with Gasteiger partial charge < -0.3 is 10.1 Å². The van der Waals surface area contributed by atoms with Crippen LogP contribution in [0.1, 0.15) is 6.42 Å². The Kier molecular flexibility index (Phi) is 6.29. The summed E-state index contributed by atoms with van der Waals surface area (Å²) in [4.78, 5) is 0. The van der Waals surface area contributed by atoms with Gasteiger partial charge in [-0.2, -0.15) is 0 Å². The SMILES string of the molecule is CNCCCS(=O)(=O)Nc1ccc(OC(F)(F)F)c(Br)c1. The molecular formula is C11H14BrF3N2O3S. The molecule has 0 aliphatic heterocycles. The van der Waals surface area contributed by atoms with Gasteiger partial charge in [0.25, 0.3) is 0 Å². The fourth-order valence-electron chi connectivity index (χ4n) is 1.44. The maximum absolute atomic E-state index is 12.1. The molecule has 0 spiro atoms. The van der Waals surface area contributed by atoms with Crippen LogP contribution in [0, 0.1) is 0 Å². The standard InChI is InChI=1S/C11H14BrF3N2O3S/c1-16-5-2-6-21(18,19)17-8-3-4-10(9(12)7-8)20-11(13,14)15/h3-4,7,16-17H,2,5-6H2,1H3. The van der Waals surface area contributed by atoms with Crippen molar-refractivity contribution in [2.45, 2.75) is 12.8 Å². The van der Waals surface area contributed by atoms with Gasteiger partial charge in [-0.15, -0.1) is 13.2 Å². The van der Waals surface area contributed by atoms with Gasteiger partial charge in [-0.1, -0.05) is 0 Å². The maximum atomic E-state index is 12.1. The van der Waals surface area contributed by atoms with Crippen LogP contribution >= 0.6 is 15.9 Å². The van der Waals surface area contributed by atoms with Crippen LogP contribution in [0.4, 0.5) is 18.9 Å². The number of benzene rings is 1. The zero-order chi connectivity index (χ0) is 16.1. The number of hydrogen-bond donors (Lipinski definition) is 2. The molecular weight excluding hydrogens is 377 g/mol. The molecule has 1 rings (SSSR count). The molecule has 0 bridgehead atoms. The van der Waals surface area contributed by atoms with Crippen molar-refractivity contribution in [2.75, 3.05) is 24.1 Å². The van der Waals surface area contributed by atoms with Crippen LogP contribution < -0.4 is 14.8 Å². The Hall–Kier alpha value is -1.00. The summed E-state index contributed by atoms with van der Waals surface area (Å²) < 4.78 is 65.8. The molecule has 1 aromatic carbocycles. The quantitative estimate of drug-likeness (QED) is 0.702. The molecule has 2 N–H and O–H groups in total. The van der Waals surface area contributed by atoms with Gasteiger partial charge in [-0.25, -0.2) is 8.42 Å². The molecule has 0 aromatic heterocycles. The van der Waals surface area contributed by atoms with E-state index < -0.39 is 22.1 Å². The largest absolute Gasteiger partial charge is 0.573 e. The summed E-state index contributed by atoms with van der Waals surface area (Å²) in [6, 6.07) is 3.43. The van der Waals surface area contributed by atoms with Gasteiger partial charge in [0, 0.05) is 5.69 Å². The Bertz CT molecular complexity index is 579. The average molecular weight is 391 g/mol. The van der Waals surface area contributed by atoms with Gasteiger partial charge in [-0.3, -0.25) is 4.72 Å². The summed E-state index contributed by atoms with van der Waals surface area (Å²) in [5.41, 5.74) is 0.154. The van der Waals surface area contributed by atoms with E-state index in [0.29, 0.717) is 13.0 Å². The minimum atomic E-state index is -4.81. The van der Waals surface area contributed by atoms with Crippen LogP contribution in [-0.2, 0) is 10.0 Å². The van der Waals surface area contributed by atoms with Crippen LogP contribution in [0.15, 0.2) is 22.7 Å². The average Bonchev–Trinajstić information content (AvgIpc) is 2.31. The number of ether oxygens (including phenoxy) is 1. The lowest BCUT2D eigenvalue weighted by Gasteiger charge is -2.12. The summed E-state index contributed by atoms with van der Waals surface area (Å²) in [6.45, 7) is 0.545. The Morgan fingerprint density at radius 3 is 2.52 bits per heavy atom. The van der Waals surface area contributed by atoms with E-state index in [1.54, 1.807) is 7.05 Å². The summed E-state index contributed by atoms with van der Waals surface area (Å²) in [5, 5.41) is 2.82. The Morgan fingerprint density at radius 1 is 1.33 bits per heavy atom. The second kappa shape index (κ2) is 7.32. The monoisotopic (exact) mass is 390 g/mol. The van der Waals surface area contributed by atoms with Gasteiger partial charge in [0.2, 0.25) is 10.0 Å². The molecule has 10 heteroatoms. The predicted molar refractivity (Wildman–Crippen MR) is 76.8 cm³/mol. The molecule has 120 valence electrons. The molecule has 0 atom stereocenters. The van der Waals surface area contributed by atoms with E-state index in [4.69, 9.17) is 0 Å². The van der Waals surface area contributed by atoms with Crippen LogP contribution in [0.3, 0.4) is 0 Å². The van der Waals surface area contributed by atoms with E-state index in [1.165, 1.54) is 12.1 Å². The van der Waals surface area contributed by atoms with Gasteiger partial charge in [0.05, 0.1) is 10.2 Å². The minimum Gasteiger partial charge on any atom is -0.405 e. The third-order valence-electron chi connectivity index (χ3n) is 2.27. The van der Waals surface area contributed by atoms with Gasteiger partial charge in [0.1, 0.15) is 5.75 Å². The fourth-order valence-corrected chi connectivity index (χ4v) is 3.01. The first-order valence-corrected chi connectivity index (χ1v) is 8.28. The first kappa shape index (κ1) is 18.1. The van der Waals surface area contributed by atoms with Crippen molar-refractivity contribution in [2.24, 2.45) is 0 Å². The molecule has 0 radical (unpaired) electrons. The highest BCUT2D eigenvalue weighted by atomic mass is 79.9. The lowest BCUT2D eigenvalue weighted by molar-refractivity contribution is -0.274. The van der Waals surface area contributed by atoms with Crippen molar-refractivity contribution in [1.29, 1.82) is 0 Å². The van der Waals surface area contributed by atoms with E-state index in [2.05, 4.69) is 30.7 Å². The fraction of sp³-hybridized carbons (Fsp3) is 0.455. The Balaban J connectivity index is 2.75. The van der Waals surface area contributed by atoms with Crippen molar-refractivity contribution in [1.82, 2.24) is 5.32 Å². The van der Waals surface area contributed by atoms with Crippen molar-refractivity contribution < 1.29 is 26.3 Å². The zero-order valence-electron chi connectivity index (χ0n) is 11.0. The van der Waals surface area contributed by atoms with E-state index in [9.17, 15) is 21.6 Å². The maximum Gasteiger partial charge on any atom is 0.573 e. The van der Waals surface area contributed by atoms with Crippen molar-refractivity contribution >= 4 is 31.6 Å². The molecule has 0 fully saturated rings.